The van der Waals surface area contributed by atoms with Crippen molar-refractivity contribution in [2.24, 2.45) is 4.99 Å². The SMILES string of the molecule is Cc1cccc(Oc2ccc(N=C3C(=O)Nc4c(Cl)cccc43)cc2)c1. The molecule has 0 saturated carbocycles. The van der Waals surface area contributed by atoms with Crippen LogP contribution in [0.2, 0.25) is 5.02 Å². The molecular weight excluding hydrogens is 348 g/mol. The summed E-state index contributed by atoms with van der Waals surface area (Å²) in [5, 5.41) is 3.26. The molecule has 0 unspecified atom stereocenters. The first kappa shape index (κ1) is 16.4. The summed E-state index contributed by atoms with van der Waals surface area (Å²) in [4.78, 5) is 16.7. The van der Waals surface area contributed by atoms with E-state index in [2.05, 4.69) is 10.3 Å². The third-order valence-corrected chi connectivity index (χ3v) is 4.34. The number of aliphatic imine (C=N–C) groups is 1. The topological polar surface area (TPSA) is 50.7 Å². The normalized spacial score (nSPS) is 14.2. The molecule has 3 aromatic carbocycles. The van der Waals surface area contributed by atoms with E-state index >= 15 is 0 Å². The number of ether oxygens (including phenoxy) is 1. The highest BCUT2D eigenvalue weighted by molar-refractivity contribution is 6.55. The summed E-state index contributed by atoms with van der Waals surface area (Å²) >= 11 is 6.13. The average molecular weight is 363 g/mol. The van der Waals surface area contributed by atoms with Gasteiger partial charge in [0.1, 0.15) is 17.2 Å². The minimum Gasteiger partial charge on any atom is -0.457 e. The molecule has 0 bridgehead atoms. The number of carbonyl (C=O) groups excluding carboxylic acids is 1. The van der Waals surface area contributed by atoms with Gasteiger partial charge in [-0.3, -0.25) is 4.79 Å². The number of halogens is 1. The summed E-state index contributed by atoms with van der Waals surface area (Å²) in [5.41, 5.74) is 3.48. The second-order valence-electron chi connectivity index (χ2n) is 5.99. The van der Waals surface area contributed by atoms with Crippen molar-refractivity contribution in [3.05, 3.63) is 82.9 Å². The number of nitrogens with one attached hydrogen (secondary N) is 1. The van der Waals surface area contributed by atoms with Crippen LogP contribution in [0.1, 0.15) is 11.1 Å². The molecule has 0 atom stereocenters. The van der Waals surface area contributed by atoms with Crippen molar-refractivity contribution in [1.82, 2.24) is 0 Å². The number of rotatable bonds is 3. The highest BCUT2D eigenvalue weighted by Gasteiger charge is 2.27. The van der Waals surface area contributed by atoms with Crippen LogP contribution in [0, 0.1) is 6.92 Å². The fraction of sp³-hybridized carbons (Fsp3) is 0.0476. The molecule has 0 radical (unpaired) electrons. The maximum Gasteiger partial charge on any atom is 0.275 e. The van der Waals surface area contributed by atoms with Gasteiger partial charge in [-0.15, -0.1) is 0 Å². The van der Waals surface area contributed by atoms with E-state index < -0.39 is 0 Å². The zero-order chi connectivity index (χ0) is 18.1. The summed E-state index contributed by atoms with van der Waals surface area (Å²) in [5.74, 6) is 1.23. The van der Waals surface area contributed by atoms with E-state index in [0.717, 1.165) is 11.3 Å². The Bertz CT molecular complexity index is 1030. The fourth-order valence-corrected chi connectivity index (χ4v) is 3.01. The van der Waals surface area contributed by atoms with Crippen molar-refractivity contribution in [3.8, 4) is 11.5 Å². The van der Waals surface area contributed by atoms with Gasteiger partial charge in [-0.05, 0) is 55.0 Å². The van der Waals surface area contributed by atoms with E-state index in [-0.39, 0.29) is 5.91 Å². The summed E-state index contributed by atoms with van der Waals surface area (Å²) in [6.07, 6.45) is 0. The standard InChI is InChI=1S/C21H15ClN2O2/c1-13-4-2-5-16(12-13)26-15-10-8-14(9-11-15)23-20-17-6-3-7-18(22)19(17)24-21(20)25/h2-12H,1H3,(H,23,24,25). The van der Waals surface area contributed by atoms with E-state index in [1.807, 2.05) is 61.5 Å². The van der Waals surface area contributed by atoms with Crippen molar-refractivity contribution >= 4 is 34.6 Å². The Morgan fingerprint density at radius 2 is 1.73 bits per heavy atom. The van der Waals surface area contributed by atoms with E-state index in [4.69, 9.17) is 16.3 Å². The quantitative estimate of drug-likeness (QED) is 0.667. The number of anilines is 1. The van der Waals surface area contributed by atoms with Gasteiger partial charge in [0.2, 0.25) is 0 Å². The van der Waals surface area contributed by atoms with Crippen LogP contribution in [-0.4, -0.2) is 11.6 Å². The van der Waals surface area contributed by atoms with Gasteiger partial charge in [0.15, 0.2) is 0 Å². The van der Waals surface area contributed by atoms with Gasteiger partial charge in [0, 0.05) is 5.56 Å². The van der Waals surface area contributed by atoms with Gasteiger partial charge in [-0.2, -0.15) is 0 Å². The second kappa shape index (κ2) is 6.65. The highest BCUT2D eigenvalue weighted by Crippen LogP contribution is 2.32. The van der Waals surface area contributed by atoms with E-state index in [9.17, 15) is 4.79 Å². The first-order valence-electron chi connectivity index (χ1n) is 8.14. The first-order chi connectivity index (χ1) is 12.6. The van der Waals surface area contributed by atoms with Gasteiger partial charge in [-0.1, -0.05) is 35.9 Å². The first-order valence-corrected chi connectivity index (χ1v) is 8.51. The predicted molar refractivity (Wildman–Crippen MR) is 104 cm³/mol. The van der Waals surface area contributed by atoms with Crippen LogP contribution in [0.4, 0.5) is 11.4 Å². The Labute approximate surface area is 156 Å². The molecule has 0 saturated heterocycles. The van der Waals surface area contributed by atoms with Crippen molar-refractivity contribution in [3.63, 3.8) is 0 Å². The fourth-order valence-electron chi connectivity index (χ4n) is 2.79. The van der Waals surface area contributed by atoms with Crippen molar-refractivity contribution in [1.29, 1.82) is 0 Å². The van der Waals surface area contributed by atoms with Crippen LogP contribution in [0.25, 0.3) is 0 Å². The average Bonchev–Trinajstić information content (AvgIpc) is 2.94. The van der Waals surface area contributed by atoms with Crippen molar-refractivity contribution in [2.45, 2.75) is 6.92 Å². The number of benzene rings is 3. The molecule has 0 aliphatic carbocycles. The molecule has 0 fully saturated rings. The predicted octanol–water partition coefficient (Wildman–Crippen LogP) is 5.51. The van der Waals surface area contributed by atoms with Gasteiger partial charge in [0.05, 0.1) is 16.4 Å². The molecule has 3 aromatic rings. The Hall–Kier alpha value is -3.11. The molecule has 0 spiro atoms. The third-order valence-electron chi connectivity index (χ3n) is 4.03. The number of hydrogen-bond donors (Lipinski definition) is 1. The maximum atomic E-state index is 12.2. The lowest BCUT2D eigenvalue weighted by Gasteiger charge is -2.06. The number of fused-ring (bicyclic) bond motifs is 1. The molecular formula is C21H15ClN2O2. The Morgan fingerprint density at radius 1 is 0.962 bits per heavy atom. The molecule has 1 heterocycles. The zero-order valence-electron chi connectivity index (χ0n) is 14.0. The van der Waals surface area contributed by atoms with Crippen molar-refractivity contribution < 1.29 is 9.53 Å². The molecule has 0 aromatic heterocycles. The monoisotopic (exact) mass is 362 g/mol. The molecule has 26 heavy (non-hydrogen) atoms. The van der Waals surface area contributed by atoms with E-state index in [1.54, 1.807) is 12.1 Å². The van der Waals surface area contributed by atoms with Crippen LogP contribution in [0.15, 0.2) is 71.7 Å². The molecule has 5 heteroatoms. The third kappa shape index (κ3) is 3.19. The molecule has 4 rings (SSSR count). The van der Waals surface area contributed by atoms with Crippen LogP contribution in [0.5, 0.6) is 11.5 Å². The summed E-state index contributed by atoms with van der Waals surface area (Å²) < 4.78 is 5.83. The van der Waals surface area contributed by atoms with Gasteiger partial charge in [-0.25, -0.2) is 4.99 Å². The number of aryl methyl sites for hydroxylation is 1. The molecule has 1 aliphatic rings. The van der Waals surface area contributed by atoms with Crippen LogP contribution < -0.4 is 10.1 Å². The van der Waals surface area contributed by atoms with Crippen LogP contribution >= 0.6 is 11.6 Å². The number of carbonyl (C=O) groups is 1. The Kier molecular flexibility index (Phi) is 4.19. The minimum atomic E-state index is -0.256. The largest absolute Gasteiger partial charge is 0.457 e. The molecule has 4 nitrogen and oxygen atoms in total. The van der Waals surface area contributed by atoms with Crippen LogP contribution in [-0.2, 0) is 4.79 Å². The van der Waals surface area contributed by atoms with Gasteiger partial charge >= 0.3 is 0 Å². The molecule has 1 aliphatic heterocycles. The second-order valence-corrected chi connectivity index (χ2v) is 6.40. The highest BCUT2D eigenvalue weighted by atomic mass is 35.5. The number of nitrogens with zero attached hydrogens (tertiary/aromatic N) is 1. The van der Waals surface area contributed by atoms with Gasteiger partial charge in [0.25, 0.3) is 5.91 Å². The molecule has 1 amide bonds. The minimum absolute atomic E-state index is 0.256. The maximum absolute atomic E-state index is 12.2. The summed E-state index contributed by atoms with van der Waals surface area (Å²) in [7, 11) is 0. The van der Waals surface area contributed by atoms with Crippen LogP contribution in [0.3, 0.4) is 0 Å². The lowest BCUT2D eigenvalue weighted by atomic mass is 10.1. The smallest absolute Gasteiger partial charge is 0.275 e. The van der Waals surface area contributed by atoms with E-state index in [1.165, 1.54) is 0 Å². The summed E-state index contributed by atoms with van der Waals surface area (Å²) in [6, 6.07) is 20.5. The van der Waals surface area contributed by atoms with Gasteiger partial charge < -0.3 is 10.1 Å². The Balaban J connectivity index is 1.59. The molecule has 1 N–H and O–H groups in total. The number of hydrogen-bond acceptors (Lipinski definition) is 3. The molecule has 128 valence electrons. The lowest BCUT2D eigenvalue weighted by Crippen LogP contribution is -2.13. The number of para-hydroxylation sites is 1. The van der Waals surface area contributed by atoms with Crippen molar-refractivity contribution in [2.75, 3.05) is 5.32 Å². The Morgan fingerprint density at radius 3 is 2.50 bits per heavy atom. The number of amides is 1. The zero-order valence-corrected chi connectivity index (χ0v) is 14.7. The summed E-state index contributed by atoms with van der Waals surface area (Å²) in [6.45, 7) is 2.02. The van der Waals surface area contributed by atoms with E-state index in [0.29, 0.717) is 33.4 Å². The lowest BCUT2D eigenvalue weighted by molar-refractivity contribution is -0.110.